The summed E-state index contributed by atoms with van der Waals surface area (Å²) in [5, 5.41) is 2.76. The summed E-state index contributed by atoms with van der Waals surface area (Å²) in [6, 6.07) is 6.68. The van der Waals surface area contributed by atoms with E-state index in [0.29, 0.717) is 12.1 Å². The average Bonchev–Trinajstić information content (AvgIpc) is 2.60. The number of ether oxygens (including phenoxy) is 1. The molecule has 6 heteroatoms. The van der Waals surface area contributed by atoms with Crippen molar-refractivity contribution in [2.45, 2.75) is 31.8 Å². The van der Waals surface area contributed by atoms with Crippen LogP contribution in [0.4, 0.5) is 0 Å². The van der Waals surface area contributed by atoms with Gasteiger partial charge in [0.2, 0.25) is 5.91 Å². The number of nitrogens with zero attached hydrogens (tertiary/aromatic N) is 1. The number of rotatable bonds is 6. The highest BCUT2D eigenvalue weighted by atomic mass is 16.5. The van der Waals surface area contributed by atoms with E-state index in [1.807, 2.05) is 29.2 Å². The molecule has 1 heterocycles. The first kappa shape index (κ1) is 17.4. The van der Waals surface area contributed by atoms with Gasteiger partial charge in [-0.3, -0.25) is 9.59 Å². The van der Waals surface area contributed by atoms with Crippen LogP contribution in [0.1, 0.15) is 35.2 Å². The van der Waals surface area contributed by atoms with E-state index in [0.717, 1.165) is 31.5 Å². The predicted octanol–water partition coefficient (Wildman–Crippen LogP) is 0.903. The second-order valence-electron chi connectivity index (χ2n) is 5.83. The van der Waals surface area contributed by atoms with Crippen LogP contribution in [-0.2, 0) is 16.1 Å². The lowest BCUT2D eigenvalue weighted by atomic mass is 10.1. The lowest BCUT2D eigenvalue weighted by molar-refractivity contribution is -0.123. The van der Waals surface area contributed by atoms with Crippen molar-refractivity contribution in [1.29, 1.82) is 0 Å². The van der Waals surface area contributed by atoms with Gasteiger partial charge in [0.05, 0.1) is 6.61 Å². The molecule has 0 radical (unpaired) electrons. The van der Waals surface area contributed by atoms with Gasteiger partial charge in [-0.2, -0.15) is 0 Å². The molecular weight excluding hydrogens is 294 g/mol. The van der Waals surface area contributed by atoms with Crippen LogP contribution in [0.5, 0.6) is 0 Å². The maximum absolute atomic E-state index is 12.4. The standard InChI is InChI=1S/C17H25N3O3/c1-23-12-15(18)16(21)19-11-13-5-7-14(8-6-13)17(22)20-9-3-2-4-10-20/h5-8,15H,2-4,9-12,18H2,1H3,(H,19,21). The molecule has 2 amide bonds. The lowest BCUT2D eigenvalue weighted by Crippen LogP contribution is -2.43. The Morgan fingerprint density at radius 1 is 1.22 bits per heavy atom. The first-order valence-electron chi connectivity index (χ1n) is 8.02. The van der Waals surface area contributed by atoms with Gasteiger partial charge in [0, 0.05) is 32.3 Å². The lowest BCUT2D eigenvalue weighted by Gasteiger charge is -2.26. The van der Waals surface area contributed by atoms with E-state index < -0.39 is 6.04 Å². The Labute approximate surface area is 137 Å². The number of piperidine rings is 1. The van der Waals surface area contributed by atoms with Gasteiger partial charge in [0.25, 0.3) is 5.91 Å². The molecule has 0 bridgehead atoms. The zero-order chi connectivity index (χ0) is 16.7. The number of hydrogen-bond donors (Lipinski definition) is 2. The highest BCUT2D eigenvalue weighted by Crippen LogP contribution is 2.13. The zero-order valence-electron chi connectivity index (χ0n) is 13.6. The summed E-state index contributed by atoms with van der Waals surface area (Å²) < 4.78 is 4.85. The van der Waals surface area contributed by atoms with Gasteiger partial charge in [-0.05, 0) is 37.0 Å². The van der Waals surface area contributed by atoms with Gasteiger partial charge >= 0.3 is 0 Å². The summed E-state index contributed by atoms with van der Waals surface area (Å²) in [6.45, 7) is 2.26. The van der Waals surface area contributed by atoms with Crippen LogP contribution >= 0.6 is 0 Å². The SMILES string of the molecule is COCC(N)C(=O)NCc1ccc(C(=O)N2CCCCC2)cc1. The van der Waals surface area contributed by atoms with Crippen molar-refractivity contribution in [3.05, 3.63) is 35.4 Å². The van der Waals surface area contributed by atoms with Crippen molar-refractivity contribution in [3.63, 3.8) is 0 Å². The van der Waals surface area contributed by atoms with Crippen LogP contribution in [0, 0.1) is 0 Å². The van der Waals surface area contributed by atoms with Crippen molar-refractivity contribution >= 4 is 11.8 Å². The fraction of sp³-hybridized carbons (Fsp3) is 0.529. The monoisotopic (exact) mass is 319 g/mol. The number of likely N-dealkylation sites (tertiary alicyclic amines) is 1. The molecule has 0 spiro atoms. The molecule has 2 rings (SSSR count). The Kier molecular flexibility index (Phi) is 6.55. The molecule has 1 fully saturated rings. The van der Waals surface area contributed by atoms with Crippen molar-refractivity contribution in [2.75, 3.05) is 26.8 Å². The molecule has 1 aromatic rings. The second kappa shape index (κ2) is 8.64. The minimum Gasteiger partial charge on any atom is -0.383 e. The largest absolute Gasteiger partial charge is 0.383 e. The van der Waals surface area contributed by atoms with Crippen LogP contribution in [0.25, 0.3) is 0 Å². The predicted molar refractivity (Wildman–Crippen MR) is 87.9 cm³/mol. The molecule has 1 aromatic carbocycles. The quantitative estimate of drug-likeness (QED) is 0.816. The summed E-state index contributed by atoms with van der Waals surface area (Å²) in [7, 11) is 1.51. The molecule has 1 atom stereocenters. The first-order chi connectivity index (χ1) is 11.1. The van der Waals surface area contributed by atoms with Gasteiger partial charge in [0.1, 0.15) is 6.04 Å². The molecular formula is C17H25N3O3. The number of hydrogen-bond acceptors (Lipinski definition) is 4. The molecule has 0 saturated carbocycles. The molecule has 23 heavy (non-hydrogen) atoms. The van der Waals surface area contributed by atoms with Gasteiger partial charge < -0.3 is 20.7 Å². The number of amides is 2. The van der Waals surface area contributed by atoms with Crippen LogP contribution in [0.3, 0.4) is 0 Å². The van der Waals surface area contributed by atoms with E-state index >= 15 is 0 Å². The number of benzene rings is 1. The fourth-order valence-corrected chi connectivity index (χ4v) is 2.62. The van der Waals surface area contributed by atoms with Gasteiger partial charge in [0.15, 0.2) is 0 Å². The normalized spacial score (nSPS) is 16.0. The van der Waals surface area contributed by atoms with E-state index in [2.05, 4.69) is 5.32 Å². The smallest absolute Gasteiger partial charge is 0.253 e. The van der Waals surface area contributed by atoms with Crippen LogP contribution in [-0.4, -0.2) is 49.6 Å². The Hall–Kier alpha value is -1.92. The van der Waals surface area contributed by atoms with E-state index in [9.17, 15) is 9.59 Å². The highest BCUT2D eigenvalue weighted by Gasteiger charge is 2.18. The van der Waals surface area contributed by atoms with Crippen LogP contribution < -0.4 is 11.1 Å². The molecule has 0 aromatic heterocycles. The van der Waals surface area contributed by atoms with Crippen molar-refractivity contribution in [3.8, 4) is 0 Å². The number of methoxy groups -OCH3 is 1. The Balaban J connectivity index is 1.86. The number of carbonyl (C=O) groups excluding carboxylic acids is 2. The van der Waals surface area contributed by atoms with Crippen LogP contribution in [0.2, 0.25) is 0 Å². The maximum atomic E-state index is 12.4. The molecule has 126 valence electrons. The molecule has 1 saturated heterocycles. The minimum atomic E-state index is -0.667. The van der Waals surface area contributed by atoms with Crippen LogP contribution in [0.15, 0.2) is 24.3 Å². The summed E-state index contributed by atoms with van der Waals surface area (Å²) in [5.74, 6) is -0.164. The minimum absolute atomic E-state index is 0.0856. The molecule has 1 aliphatic heterocycles. The summed E-state index contributed by atoms with van der Waals surface area (Å²) in [5.41, 5.74) is 7.27. The molecule has 6 nitrogen and oxygen atoms in total. The Bertz CT molecular complexity index is 524. The third kappa shape index (κ3) is 5.04. The fourth-order valence-electron chi connectivity index (χ4n) is 2.62. The van der Waals surface area contributed by atoms with Gasteiger partial charge in [-0.1, -0.05) is 12.1 Å². The average molecular weight is 319 g/mol. The van der Waals surface area contributed by atoms with Crippen molar-refractivity contribution in [2.24, 2.45) is 5.73 Å². The van der Waals surface area contributed by atoms with Crippen molar-refractivity contribution in [1.82, 2.24) is 10.2 Å². The third-order valence-electron chi connectivity index (χ3n) is 3.99. The molecule has 3 N–H and O–H groups in total. The van der Waals surface area contributed by atoms with E-state index in [1.54, 1.807) is 0 Å². The van der Waals surface area contributed by atoms with Gasteiger partial charge in [-0.15, -0.1) is 0 Å². The highest BCUT2D eigenvalue weighted by molar-refractivity contribution is 5.94. The zero-order valence-corrected chi connectivity index (χ0v) is 13.6. The Morgan fingerprint density at radius 3 is 2.48 bits per heavy atom. The number of nitrogens with two attached hydrogens (primary N) is 1. The number of nitrogens with one attached hydrogen (secondary N) is 1. The van der Waals surface area contributed by atoms with Crippen molar-refractivity contribution < 1.29 is 14.3 Å². The topological polar surface area (TPSA) is 84.7 Å². The van der Waals surface area contributed by atoms with E-state index in [1.165, 1.54) is 13.5 Å². The summed E-state index contributed by atoms with van der Waals surface area (Å²) in [6.07, 6.45) is 3.36. The third-order valence-corrected chi connectivity index (χ3v) is 3.99. The van der Waals surface area contributed by atoms with Gasteiger partial charge in [-0.25, -0.2) is 0 Å². The maximum Gasteiger partial charge on any atom is 0.253 e. The summed E-state index contributed by atoms with van der Waals surface area (Å²) >= 11 is 0. The molecule has 0 aliphatic carbocycles. The molecule has 1 unspecified atom stereocenters. The first-order valence-corrected chi connectivity index (χ1v) is 8.02. The van der Waals surface area contributed by atoms with E-state index in [4.69, 9.17) is 10.5 Å². The second-order valence-corrected chi connectivity index (χ2v) is 5.83. The number of carbonyl (C=O) groups is 2. The summed E-state index contributed by atoms with van der Waals surface area (Å²) in [4.78, 5) is 26.0. The molecule has 1 aliphatic rings. The van der Waals surface area contributed by atoms with E-state index in [-0.39, 0.29) is 18.4 Å². The Morgan fingerprint density at radius 2 is 1.87 bits per heavy atom.